The molecule has 0 bridgehead atoms. The van der Waals surface area contributed by atoms with Gasteiger partial charge >= 0.3 is 59.1 Å². The second kappa shape index (κ2) is 23.4. The van der Waals surface area contributed by atoms with E-state index >= 15 is 0 Å². The van der Waals surface area contributed by atoms with Crippen molar-refractivity contribution >= 4 is 25.3 Å². The second-order valence-corrected chi connectivity index (χ2v) is 2.60. The molecule has 6 nitrogen and oxygen atoms in total. The molecule has 0 aliphatic carbocycles. The molecule has 6 N–H and O–H groups in total. The minimum atomic E-state index is -3.63. The third kappa shape index (κ3) is 23.7. The summed E-state index contributed by atoms with van der Waals surface area (Å²) in [6.45, 7) is 12.0. The van der Waals surface area contributed by atoms with Crippen molar-refractivity contribution in [3.63, 3.8) is 0 Å². The van der Waals surface area contributed by atoms with Gasteiger partial charge in [-0.25, -0.2) is 0 Å². The van der Waals surface area contributed by atoms with E-state index in [9.17, 15) is 0 Å². The fourth-order valence-electron chi connectivity index (χ4n) is 0.602. The molecule has 9 heteroatoms. The number of para-hydroxylation sites is 1. The van der Waals surface area contributed by atoms with Crippen LogP contribution in [0.5, 0.6) is 0 Å². The Balaban J connectivity index is -0.0000000568. The van der Waals surface area contributed by atoms with E-state index in [1.54, 1.807) is 18.2 Å². The molecule has 98 valence electrons. The smallest absolute Gasteiger partial charge is 0.813 e. The number of benzene rings is 1. The molecule has 0 aliphatic rings. The molecule has 0 radical (unpaired) electrons. The number of nitrogens with two attached hydrogens (primary N) is 3. The first-order valence-electron chi connectivity index (χ1n) is 4.22. The van der Waals surface area contributed by atoms with E-state index in [1.807, 2.05) is 0 Å². The Hall–Kier alpha value is 0.250. The van der Waals surface area contributed by atoms with Gasteiger partial charge in [0.05, 0.1) is 17.1 Å². The number of hydrogen-bond acceptors (Lipinski definition) is 6. The fourth-order valence-corrected chi connectivity index (χ4v) is 0.602. The molecule has 0 saturated heterocycles. The zero-order valence-electron chi connectivity index (χ0n) is 11.5. The molecular weight excluding hydrogens is 287 g/mol. The predicted octanol–water partition coefficient (Wildman–Crippen LogP) is -5.86. The standard InChI is InChI=1S/C6H9N3.2C2H4.2Na.H3O3P/c7-4-2-1-3-5(8)6(4)9;2*1-2;;;1-4(2)3/h1-3H,7-9H2;2*1-2H2;;;4H,(H2,1,2,3)/q;;;2*+1;/p-2. The molecule has 19 heavy (non-hydrogen) atoms. The van der Waals surface area contributed by atoms with E-state index in [-0.39, 0.29) is 59.1 Å². The maximum absolute atomic E-state index is 8.52. The molecule has 1 aromatic rings. The molecule has 1 aromatic carbocycles. The van der Waals surface area contributed by atoms with Gasteiger partial charge in [0, 0.05) is 0 Å². The van der Waals surface area contributed by atoms with Crippen molar-refractivity contribution in [2.45, 2.75) is 0 Å². The Labute approximate surface area is 159 Å². The van der Waals surface area contributed by atoms with Crippen molar-refractivity contribution in [3.8, 4) is 0 Å². The van der Waals surface area contributed by atoms with Crippen LogP contribution in [0.25, 0.3) is 0 Å². The van der Waals surface area contributed by atoms with Crippen molar-refractivity contribution in [1.29, 1.82) is 0 Å². The molecule has 0 spiro atoms. The molecule has 1 rings (SSSR count). The minimum Gasteiger partial charge on any atom is -0.813 e. The average molecular weight is 305 g/mol. The second-order valence-electron chi connectivity index (χ2n) is 2.10. The van der Waals surface area contributed by atoms with Gasteiger partial charge in [0.25, 0.3) is 0 Å². The largest absolute Gasteiger partial charge is 1.00 e. The summed E-state index contributed by atoms with van der Waals surface area (Å²) >= 11 is 0. The zero-order valence-corrected chi connectivity index (χ0v) is 16.5. The van der Waals surface area contributed by atoms with Crippen LogP contribution >= 0.6 is 8.25 Å². The van der Waals surface area contributed by atoms with E-state index < -0.39 is 8.25 Å². The quantitative estimate of drug-likeness (QED) is 0.189. The predicted molar refractivity (Wildman–Crippen MR) is 71.2 cm³/mol. The van der Waals surface area contributed by atoms with Gasteiger partial charge < -0.3 is 31.6 Å². The van der Waals surface area contributed by atoms with E-state index in [4.69, 9.17) is 31.6 Å². The molecule has 0 amide bonds. The van der Waals surface area contributed by atoms with Gasteiger partial charge in [-0.05, 0) is 12.1 Å². The minimum absolute atomic E-state index is 0. The summed E-state index contributed by atoms with van der Waals surface area (Å²) < 4.78 is 8.52. The van der Waals surface area contributed by atoms with Gasteiger partial charge in [0.15, 0.2) is 0 Å². The first-order chi connectivity index (χ1) is 7.95. The van der Waals surface area contributed by atoms with Gasteiger partial charge in [-0.1, -0.05) is 14.3 Å². The molecule has 0 unspecified atom stereocenters. The van der Waals surface area contributed by atoms with Gasteiger partial charge in [0.1, 0.15) is 0 Å². The fraction of sp³-hybridized carbons (Fsp3) is 0. The van der Waals surface area contributed by atoms with Crippen molar-refractivity contribution in [1.82, 2.24) is 0 Å². The monoisotopic (exact) mass is 305 g/mol. The normalized spacial score (nSPS) is 6.68. The van der Waals surface area contributed by atoms with Crippen LogP contribution in [0.2, 0.25) is 0 Å². The summed E-state index contributed by atoms with van der Waals surface area (Å²) in [5.41, 5.74) is 17.8. The molecule has 0 saturated carbocycles. The van der Waals surface area contributed by atoms with E-state index in [0.29, 0.717) is 17.1 Å². The van der Waals surface area contributed by atoms with Crippen molar-refractivity contribution in [3.05, 3.63) is 44.5 Å². The molecule has 0 fully saturated rings. The van der Waals surface area contributed by atoms with Gasteiger partial charge in [-0.3, -0.25) is 0 Å². The van der Waals surface area contributed by atoms with Crippen LogP contribution in [0, 0.1) is 0 Å². The van der Waals surface area contributed by atoms with Crippen LogP contribution in [-0.2, 0) is 4.57 Å². The van der Waals surface area contributed by atoms with Crippen LogP contribution in [0.15, 0.2) is 44.5 Å². The van der Waals surface area contributed by atoms with Crippen molar-refractivity contribution in [2.75, 3.05) is 17.2 Å². The van der Waals surface area contributed by atoms with E-state index in [2.05, 4.69) is 26.3 Å². The van der Waals surface area contributed by atoms with Gasteiger partial charge in [-0.2, -0.15) is 0 Å². The molecule has 0 aromatic heterocycles. The first kappa shape index (κ1) is 31.6. The van der Waals surface area contributed by atoms with Crippen molar-refractivity contribution < 1.29 is 73.5 Å². The van der Waals surface area contributed by atoms with E-state index in [0.717, 1.165) is 0 Å². The summed E-state index contributed by atoms with van der Waals surface area (Å²) in [5.74, 6) is 0. The van der Waals surface area contributed by atoms with Crippen molar-refractivity contribution in [2.24, 2.45) is 0 Å². The zero-order chi connectivity index (χ0) is 14.4. The Morgan fingerprint density at radius 2 is 1.11 bits per heavy atom. The average Bonchev–Trinajstić information content (AvgIpc) is 2.30. The molecule has 0 atom stereocenters. The van der Waals surface area contributed by atoms with Gasteiger partial charge in [0.2, 0.25) is 0 Å². The summed E-state index contributed by atoms with van der Waals surface area (Å²) in [6, 6.07) is 5.19. The summed E-state index contributed by atoms with van der Waals surface area (Å²) in [7, 11) is -3.63. The third-order valence-corrected chi connectivity index (χ3v) is 1.17. The Bertz CT molecular complexity index is 318. The Kier molecular flexibility index (Phi) is 38.8. The maximum Gasteiger partial charge on any atom is 1.00 e. The maximum atomic E-state index is 8.52. The number of nitrogen functional groups attached to an aromatic ring is 3. The van der Waals surface area contributed by atoms with Gasteiger partial charge in [-0.15, -0.1) is 26.3 Å². The molecule has 0 aliphatic heterocycles. The summed E-state index contributed by atoms with van der Waals surface area (Å²) in [5, 5.41) is 0. The Morgan fingerprint density at radius 3 is 1.26 bits per heavy atom. The third-order valence-electron chi connectivity index (χ3n) is 1.17. The van der Waals surface area contributed by atoms with Crippen LogP contribution in [0.3, 0.4) is 0 Å². The van der Waals surface area contributed by atoms with Crippen LogP contribution < -0.4 is 86.1 Å². The Morgan fingerprint density at radius 1 is 0.895 bits per heavy atom. The number of hydrogen-bond donors (Lipinski definition) is 3. The SMILES string of the molecule is C=C.C=C.Nc1cccc(N)c1N.O=[PH]([O-])[O-].[Na+].[Na+]. The number of anilines is 3. The molecular formula is C10H18N3Na2O3P. The van der Waals surface area contributed by atoms with E-state index in [1.165, 1.54) is 0 Å². The van der Waals surface area contributed by atoms with Crippen LogP contribution in [-0.4, -0.2) is 0 Å². The van der Waals surface area contributed by atoms with Crippen LogP contribution in [0.1, 0.15) is 0 Å². The number of rotatable bonds is 0. The summed E-state index contributed by atoms with van der Waals surface area (Å²) in [4.78, 5) is 17.0. The first-order valence-corrected chi connectivity index (χ1v) is 5.45. The molecule has 0 heterocycles. The van der Waals surface area contributed by atoms with Crippen LogP contribution in [0.4, 0.5) is 17.1 Å². The summed E-state index contributed by atoms with van der Waals surface area (Å²) in [6.07, 6.45) is 0. The topological polar surface area (TPSA) is 141 Å².